The van der Waals surface area contributed by atoms with Crippen LogP contribution in [0.1, 0.15) is 5.56 Å². The summed E-state index contributed by atoms with van der Waals surface area (Å²) in [6.07, 6.45) is 3.36. The maximum atomic E-state index is 13.6. The van der Waals surface area contributed by atoms with Crippen molar-refractivity contribution in [3.63, 3.8) is 0 Å². The first-order valence-corrected chi connectivity index (χ1v) is 9.60. The van der Waals surface area contributed by atoms with Crippen LogP contribution in [0.5, 0.6) is 5.75 Å². The minimum absolute atomic E-state index is 0.0112. The van der Waals surface area contributed by atoms with Gasteiger partial charge in [-0.25, -0.2) is 14.5 Å². The van der Waals surface area contributed by atoms with E-state index in [9.17, 15) is 9.18 Å². The molecular weight excluding hydrogens is 395 g/mol. The third-order valence-electron chi connectivity index (χ3n) is 4.40. The van der Waals surface area contributed by atoms with Gasteiger partial charge in [-0.15, -0.1) is 0 Å². The summed E-state index contributed by atoms with van der Waals surface area (Å²) in [5.74, 6) is -1.02. The molecule has 0 saturated heterocycles. The molecule has 0 unspecified atom stereocenters. The summed E-state index contributed by atoms with van der Waals surface area (Å²) in [4.78, 5) is 12.0. The molecule has 1 heterocycles. The number of aromatic nitrogens is 2. The highest BCUT2D eigenvalue weighted by Gasteiger charge is 2.11. The lowest BCUT2D eigenvalue weighted by Gasteiger charge is -2.05. The summed E-state index contributed by atoms with van der Waals surface area (Å²) < 4.78 is 20.5. The first-order valence-electron chi connectivity index (χ1n) is 9.60. The van der Waals surface area contributed by atoms with Gasteiger partial charge < -0.3 is 4.74 Å². The van der Waals surface area contributed by atoms with E-state index in [0.29, 0.717) is 0 Å². The summed E-state index contributed by atoms with van der Waals surface area (Å²) in [7, 11) is 0. The molecule has 0 aliphatic rings. The van der Waals surface area contributed by atoms with Crippen LogP contribution in [0.15, 0.2) is 96.2 Å². The lowest BCUT2D eigenvalue weighted by molar-refractivity contribution is -0.123. The Kier molecular flexibility index (Phi) is 6.13. The molecule has 0 aliphatic heterocycles. The number of rotatable bonds is 7. The first-order chi connectivity index (χ1) is 15.2. The topological polar surface area (TPSA) is 68.5 Å². The summed E-state index contributed by atoms with van der Waals surface area (Å²) in [6.45, 7) is -0.354. The van der Waals surface area contributed by atoms with E-state index in [1.54, 1.807) is 16.8 Å². The highest BCUT2D eigenvalue weighted by atomic mass is 19.1. The van der Waals surface area contributed by atoms with Gasteiger partial charge in [-0.2, -0.15) is 10.2 Å². The molecule has 3 aromatic carbocycles. The third kappa shape index (κ3) is 5.02. The highest BCUT2D eigenvalue weighted by molar-refractivity contribution is 5.89. The number of halogens is 1. The second-order valence-corrected chi connectivity index (χ2v) is 6.59. The number of hydrazone groups is 1. The Hall–Kier alpha value is -4.26. The van der Waals surface area contributed by atoms with Gasteiger partial charge in [0.25, 0.3) is 5.91 Å². The smallest absolute Gasteiger partial charge is 0.277 e. The second-order valence-electron chi connectivity index (χ2n) is 6.59. The number of benzene rings is 3. The summed E-state index contributed by atoms with van der Waals surface area (Å²) in [5.41, 5.74) is 5.68. The van der Waals surface area contributed by atoms with Crippen molar-refractivity contribution >= 4 is 12.1 Å². The molecule has 4 rings (SSSR count). The number of nitrogens with zero attached hydrogens (tertiary/aromatic N) is 3. The van der Waals surface area contributed by atoms with Crippen LogP contribution < -0.4 is 10.2 Å². The van der Waals surface area contributed by atoms with E-state index in [4.69, 9.17) is 4.74 Å². The van der Waals surface area contributed by atoms with E-state index in [1.807, 2.05) is 66.9 Å². The first kappa shape index (κ1) is 20.0. The Bertz CT molecular complexity index is 1190. The molecule has 7 heteroatoms. The average molecular weight is 414 g/mol. The van der Waals surface area contributed by atoms with E-state index in [1.165, 1.54) is 18.3 Å². The zero-order valence-electron chi connectivity index (χ0n) is 16.5. The van der Waals surface area contributed by atoms with Crippen molar-refractivity contribution in [2.75, 3.05) is 6.61 Å². The van der Waals surface area contributed by atoms with Crippen LogP contribution >= 0.6 is 0 Å². The van der Waals surface area contributed by atoms with Crippen molar-refractivity contribution in [2.24, 2.45) is 5.10 Å². The Balaban J connectivity index is 1.49. The van der Waals surface area contributed by atoms with Gasteiger partial charge in [-0.1, -0.05) is 60.7 Å². The predicted molar refractivity (Wildman–Crippen MR) is 117 cm³/mol. The standard InChI is InChI=1S/C24H19FN4O2/c25-21-13-7-8-14-22(21)31-17-23(30)27-26-15-19-16-29(20-11-5-2-6-12-20)28-24(19)18-9-3-1-4-10-18/h1-16H,17H2,(H,27,30)/b26-15-. The van der Waals surface area contributed by atoms with Crippen LogP contribution in [0.3, 0.4) is 0 Å². The number of carbonyl (C=O) groups is 1. The third-order valence-corrected chi connectivity index (χ3v) is 4.40. The normalized spacial score (nSPS) is 10.9. The highest BCUT2D eigenvalue weighted by Crippen LogP contribution is 2.22. The van der Waals surface area contributed by atoms with E-state index in [2.05, 4.69) is 15.6 Å². The van der Waals surface area contributed by atoms with Crippen LogP contribution in [0.4, 0.5) is 4.39 Å². The van der Waals surface area contributed by atoms with Gasteiger partial charge in [0.1, 0.15) is 5.69 Å². The van der Waals surface area contributed by atoms with Gasteiger partial charge in [0.15, 0.2) is 18.2 Å². The van der Waals surface area contributed by atoms with Crippen LogP contribution in [0, 0.1) is 5.82 Å². The molecule has 0 fully saturated rings. The Morgan fingerprint density at radius 1 is 1.00 bits per heavy atom. The monoisotopic (exact) mass is 414 g/mol. The second kappa shape index (κ2) is 9.49. The van der Waals surface area contributed by atoms with E-state index < -0.39 is 11.7 Å². The molecule has 154 valence electrons. The molecule has 6 nitrogen and oxygen atoms in total. The molecule has 1 aromatic heterocycles. The van der Waals surface area contributed by atoms with E-state index in [0.717, 1.165) is 22.5 Å². The van der Waals surface area contributed by atoms with Crippen LogP contribution in [0.2, 0.25) is 0 Å². The fourth-order valence-corrected chi connectivity index (χ4v) is 2.93. The Morgan fingerprint density at radius 3 is 2.42 bits per heavy atom. The average Bonchev–Trinajstić information content (AvgIpc) is 3.24. The summed E-state index contributed by atoms with van der Waals surface area (Å²) in [5, 5.41) is 8.70. The maximum Gasteiger partial charge on any atom is 0.277 e. The van der Waals surface area contributed by atoms with Crippen molar-refractivity contribution in [3.8, 4) is 22.7 Å². The van der Waals surface area contributed by atoms with Crippen molar-refractivity contribution in [3.05, 3.63) is 103 Å². The minimum Gasteiger partial charge on any atom is -0.481 e. The number of amides is 1. The lowest BCUT2D eigenvalue weighted by Crippen LogP contribution is -2.24. The van der Waals surface area contributed by atoms with Crippen LogP contribution in [-0.4, -0.2) is 28.5 Å². The quantitative estimate of drug-likeness (QED) is 0.364. The van der Waals surface area contributed by atoms with E-state index in [-0.39, 0.29) is 12.4 Å². The van der Waals surface area contributed by atoms with Gasteiger partial charge in [0.2, 0.25) is 0 Å². The Morgan fingerprint density at radius 2 is 1.68 bits per heavy atom. The summed E-state index contributed by atoms with van der Waals surface area (Å²) in [6, 6.07) is 25.3. The SMILES string of the molecule is O=C(COc1ccccc1F)N/N=C\c1cn(-c2ccccc2)nc1-c1ccccc1. The Labute approximate surface area is 178 Å². The number of carbonyl (C=O) groups excluding carboxylic acids is 1. The van der Waals surface area contributed by atoms with Crippen molar-refractivity contribution in [1.82, 2.24) is 15.2 Å². The van der Waals surface area contributed by atoms with Crippen molar-refractivity contribution < 1.29 is 13.9 Å². The number of para-hydroxylation sites is 2. The number of ether oxygens (including phenoxy) is 1. The van der Waals surface area contributed by atoms with E-state index >= 15 is 0 Å². The lowest BCUT2D eigenvalue weighted by atomic mass is 10.1. The van der Waals surface area contributed by atoms with Gasteiger partial charge in [-0.3, -0.25) is 4.79 Å². The predicted octanol–water partition coefficient (Wildman–Crippen LogP) is 4.21. The van der Waals surface area contributed by atoms with Gasteiger partial charge in [0.05, 0.1) is 11.9 Å². The molecule has 0 spiro atoms. The number of hydrogen-bond donors (Lipinski definition) is 1. The minimum atomic E-state index is -0.528. The molecule has 0 aliphatic carbocycles. The molecule has 4 aromatic rings. The largest absolute Gasteiger partial charge is 0.481 e. The molecule has 1 N–H and O–H groups in total. The molecule has 0 saturated carbocycles. The van der Waals surface area contributed by atoms with Crippen LogP contribution in [-0.2, 0) is 4.79 Å². The molecule has 1 amide bonds. The fraction of sp³-hybridized carbons (Fsp3) is 0.0417. The summed E-state index contributed by atoms with van der Waals surface area (Å²) >= 11 is 0. The molecule has 0 radical (unpaired) electrons. The molecular formula is C24H19FN4O2. The number of hydrogen-bond acceptors (Lipinski definition) is 4. The van der Waals surface area contributed by atoms with Gasteiger partial charge in [-0.05, 0) is 24.3 Å². The van der Waals surface area contributed by atoms with Crippen LogP contribution in [0.25, 0.3) is 16.9 Å². The van der Waals surface area contributed by atoms with Crippen molar-refractivity contribution in [1.29, 1.82) is 0 Å². The number of nitrogens with one attached hydrogen (secondary N) is 1. The molecule has 0 atom stereocenters. The fourth-order valence-electron chi connectivity index (χ4n) is 2.93. The molecule has 31 heavy (non-hydrogen) atoms. The van der Waals surface area contributed by atoms with Crippen molar-refractivity contribution in [2.45, 2.75) is 0 Å². The zero-order valence-corrected chi connectivity index (χ0v) is 16.5. The molecule has 0 bridgehead atoms. The van der Waals surface area contributed by atoms with Gasteiger partial charge in [0, 0.05) is 17.3 Å². The maximum absolute atomic E-state index is 13.6. The van der Waals surface area contributed by atoms with Gasteiger partial charge >= 0.3 is 0 Å². The zero-order chi connectivity index (χ0) is 21.5.